The normalized spacial score (nSPS) is 11.2. The first-order valence-corrected chi connectivity index (χ1v) is 5.49. The van der Waals surface area contributed by atoms with Crippen LogP contribution in [0.5, 0.6) is 0 Å². The molecule has 6 nitrogen and oxygen atoms in total. The summed E-state index contributed by atoms with van der Waals surface area (Å²) in [6.07, 6.45) is 0. The molecule has 78 valence electrons. The predicted molar refractivity (Wildman–Crippen MR) is 49.8 cm³/mol. The van der Waals surface area contributed by atoms with Crippen LogP contribution in [-0.2, 0) is 14.8 Å². The predicted octanol–water partition coefficient (Wildman–Crippen LogP) is -2.13. The lowest BCUT2D eigenvalue weighted by atomic mass is 10.5. The molecule has 0 heterocycles. The molecule has 0 aromatic rings. The highest BCUT2D eigenvalue weighted by Gasteiger charge is 2.06. The van der Waals surface area contributed by atoms with E-state index in [1.807, 2.05) is 0 Å². The van der Waals surface area contributed by atoms with Crippen LogP contribution in [0.15, 0.2) is 0 Å². The van der Waals surface area contributed by atoms with Gasteiger partial charge in [-0.1, -0.05) is 0 Å². The first-order chi connectivity index (χ1) is 6.02. The van der Waals surface area contributed by atoms with Gasteiger partial charge < -0.3 is 10.6 Å². The number of hydrogen-bond acceptors (Lipinski definition) is 4. The van der Waals surface area contributed by atoms with E-state index in [9.17, 15) is 13.2 Å². The molecular weight excluding hydrogens is 194 g/mol. The minimum absolute atomic E-state index is 0.0983. The van der Waals surface area contributed by atoms with E-state index in [-0.39, 0.29) is 24.7 Å². The molecule has 3 N–H and O–H groups in total. The molecule has 0 aliphatic carbocycles. The van der Waals surface area contributed by atoms with Crippen molar-refractivity contribution in [1.29, 1.82) is 0 Å². The van der Waals surface area contributed by atoms with E-state index in [2.05, 4.69) is 15.4 Å². The summed E-state index contributed by atoms with van der Waals surface area (Å²) in [5.41, 5.74) is 0. The number of likely N-dealkylation sites (N-methyl/N-ethyl adjacent to an activating group) is 1. The van der Waals surface area contributed by atoms with Crippen LogP contribution in [0.1, 0.15) is 0 Å². The van der Waals surface area contributed by atoms with Gasteiger partial charge in [0.05, 0.1) is 12.3 Å². The zero-order valence-electron chi connectivity index (χ0n) is 7.75. The number of nitrogens with one attached hydrogen (secondary N) is 3. The fourth-order valence-electron chi connectivity index (χ4n) is 0.650. The van der Waals surface area contributed by atoms with Gasteiger partial charge in [-0.25, -0.2) is 13.1 Å². The van der Waals surface area contributed by atoms with Gasteiger partial charge in [0, 0.05) is 6.54 Å². The van der Waals surface area contributed by atoms with Gasteiger partial charge in [-0.05, 0) is 14.1 Å². The maximum absolute atomic E-state index is 10.9. The molecule has 0 unspecified atom stereocenters. The van der Waals surface area contributed by atoms with Crippen LogP contribution in [0.4, 0.5) is 0 Å². The van der Waals surface area contributed by atoms with Crippen LogP contribution in [0.25, 0.3) is 0 Å². The van der Waals surface area contributed by atoms with Crippen molar-refractivity contribution in [2.24, 2.45) is 0 Å². The summed E-state index contributed by atoms with van der Waals surface area (Å²) in [5.74, 6) is -0.312. The second-order valence-electron chi connectivity index (χ2n) is 2.40. The summed E-state index contributed by atoms with van der Waals surface area (Å²) in [5, 5.41) is 5.11. The van der Waals surface area contributed by atoms with Crippen molar-refractivity contribution >= 4 is 15.9 Å². The van der Waals surface area contributed by atoms with Gasteiger partial charge in [-0.15, -0.1) is 0 Å². The SMILES string of the molecule is CNCC(=O)NCCS(=O)(=O)NC. The van der Waals surface area contributed by atoms with Gasteiger partial charge >= 0.3 is 0 Å². The average molecular weight is 209 g/mol. The summed E-state index contributed by atoms with van der Waals surface area (Å²) < 4.78 is 23.9. The van der Waals surface area contributed by atoms with Gasteiger partial charge in [0.25, 0.3) is 0 Å². The second-order valence-corrected chi connectivity index (χ2v) is 4.45. The molecule has 0 atom stereocenters. The Hall–Kier alpha value is -0.660. The van der Waals surface area contributed by atoms with Crippen LogP contribution < -0.4 is 15.4 Å². The van der Waals surface area contributed by atoms with Crippen molar-refractivity contribution in [3.05, 3.63) is 0 Å². The largest absolute Gasteiger partial charge is 0.354 e. The first kappa shape index (κ1) is 12.3. The lowest BCUT2D eigenvalue weighted by Gasteiger charge is -2.04. The maximum Gasteiger partial charge on any atom is 0.233 e. The van der Waals surface area contributed by atoms with Gasteiger partial charge in [-0.2, -0.15) is 0 Å². The van der Waals surface area contributed by atoms with E-state index in [0.29, 0.717) is 0 Å². The third kappa shape index (κ3) is 6.50. The van der Waals surface area contributed by atoms with E-state index in [4.69, 9.17) is 0 Å². The fraction of sp³-hybridized carbons (Fsp3) is 0.833. The lowest BCUT2D eigenvalue weighted by Crippen LogP contribution is -2.37. The van der Waals surface area contributed by atoms with Crippen LogP contribution in [0.3, 0.4) is 0 Å². The van der Waals surface area contributed by atoms with Crippen LogP contribution in [0, 0.1) is 0 Å². The van der Waals surface area contributed by atoms with Gasteiger partial charge in [0.15, 0.2) is 0 Å². The molecular formula is C6H15N3O3S. The third-order valence-electron chi connectivity index (χ3n) is 1.34. The van der Waals surface area contributed by atoms with Crippen molar-refractivity contribution in [1.82, 2.24) is 15.4 Å². The molecule has 0 aliphatic rings. The van der Waals surface area contributed by atoms with E-state index >= 15 is 0 Å². The van der Waals surface area contributed by atoms with Gasteiger partial charge in [-0.3, -0.25) is 4.79 Å². The Bertz CT molecular complexity index is 250. The maximum atomic E-state index is 10.9. The molecule has 0 spiro atoms. The van der Waals surface area contributed by atoms with E-state index in [0.717, 1.165) is 0 Å². The standard InChI is InChI=1S/C6H15N3O3S/c1-7-5-6(10)9-3-4-13(11,12)8-2/h7-8H,3-5H2,1-2H3,(H,9,10). The Labute approximate surface area is 78.1 Å². The highest BCUT2D eigenvalue weighted by Crippen LogP contribution is 1.78. The van der Waals surface area contributed by atoms with Crippen molar-refractivity contribution in [2.45, 2.75) is 0 Å². The summed E-state index contributed by atoms with van der Waals surface area (Å²) in [6, 6.07) is 0. The first-order valence-electron chi connectivity index (χ1n) is 3.84. The molecule has 0 fully saturated rings. The Kier molecular flexibility index (Phi) is 5.60. The second kappa shape index (κ2) is 5.90. The Morgan fingerprint density at radius 3 is 2.38 bits per heavy atom. The molecule has 1 amide bonds. The molecule has 0 rings (SSSR count). The Morgan fingerprint density at radius 2 is 1.92 bits per heavy atom. The molecule has 13 heavy (non-hydrogen) atoms. The summed E-state index contributed by atoms with van der Waals surface area (Å²) in [6.45, 7) is 0.323. The van der Waals surface area contributed by atoms with E-state index < -0.39 is 10.0 Å². The topological polar surface area (TPSA) is 87.3 Å². The number of hydrogen-bond donors (Lipinski definition) is 3. The zero-order valence-corrected chi connectivity index (χ0v) is 8.57. The number of carbonyl (C=O) groups excluding carboxylic acids is 1. The van der Waals surface area contributed by atoms with E-state index in [1.54, 1.807) is 7.05 Å². The van der Waals surface area contributed by atoms with Gasteiger partial charge in [0.1, 0.15) is 0 Å². The molecule has 0 aliphatic heterocycles. The minimum atomic E-state index is -3.22. The average Bonchev–Trinajstić information content (AvgIpc) is 2.05. The molecule has 0 bridgehead atoms. The number of carbonyl (C=O) groups is 1. The lowest BCUT2D eigenvalue weighted by molar-refractivity contribution is -0.120. The molecule has 0 saturated carbocycles. The minimum Gasteiger partial charge on any atom is -0.354 e. The number of rotatable bonds is 6. The highest BCUT2D eigenvalue weighted by molar-refractivity contribution is 7.89. The zero-order chi connectivity index (χ0) is 10.3. The Balaban J connectivity index is 3.62. The summed E-state index contributed by atoms with van der Waals surface area (Å²) in [7, 11) is -0.234. The summed E-state index contributed by atoms with van der Waals surface area (Å²) >= 11 is 0. The molecule has 0 radical (unpaired) electrons. The van der Waals surface area contributed by atoms with Crippen LogP contribution >= 0.6 is 0 Å². The van der Waals surface area contributed by atoms with Crippen LogP contribution in [-0.4, -0.2) is 47.3 Å². The van der Waals surface area contributed by atoms with Crippen molar-refractivity contribution < 1.29 is 13.2 Å². The van der Waals surface area contributed by atoms with Gasteiger partial charge in [0.2, 0.25) is 15.9 Å². The third-order valence-corrected chi connectivity index (χ3v) is 2.70. The highest BCUT2D eigenvalue weighted by atomic mass is 32.2. The van der Waals surface area contributed by atoms with Crippen molar-refractivity contribution in [3.8, 4) is 0 Å². The molecule has 0 aromatic heterocycles. The van der Waals surface area contributed by atoms with Crippen LogP contribution in [0.2, 0.25) is 0 Å². The molecule has 0 aromatic carbocycles. The quantitative estimate of drug-likeness (QED) is 0.466. The molecule has 7 heteroatoms. The van der Waals surface area contributed by atoms with Crippen molar-refractivity contribution in [2.75, 3.05) is 32.9 Å². The fourth-order valence-corrected chi connectivity index (χ4v) is 1.22. The van der Waals surface area contributed by atoms with E-state index in [1.165, 1.54) is 7.05 Å². The number of amides is 1. The number of sulfonamides is 1. The summed E-state index contributed by atoms with van der Waals surface area (Å²) in [4.78, 5) is 10.8. The Morgan fingerprint density at radius 1 is 1.31 bits per heavy atom. The monoisotopic (exact) mass is 209 g/mol. The van der Waals surface area contributed by atoms with Crippen molar-refractivity contribution in [3.63, 3.8) is 0 Å². The smallest absolute Gasteiger partial charge is 0.233 e. The molecule has 0 saturated heterocycles.